The van der Waals surface area contributed by atoms with E-state index in [1.54, 1.807) is 0 Å². The number of halogens is 2. The Hall–Kier alpha value is -1.54. The highest BCUT2D eigenvalue weighted by atomic mass is 79.9. The van der Waals surface area contributed by atoms with Crippen molar-refractivity contribution in [3.05, 3.63) is 42.8 Å². The number of ether oxygens (including phenoxy) is 2. The number of methoxy groups -OCH3 is 2. The lowest BCUT2D eigenvalue weighted by Gasteiger charge is -2.08. The van der Waals surface area contributed by atoms with E-state index in [9.17, 15) is 9.59 Å². The van der Waals surface area contributed by atoms with E-state index in [2.05, 4.69) is 41.8 Å². The average Bonchev–Trinajstić information content (AvgIpc) is 3.06. The lowest BCUT2D eigenvalue weighted by Crippen LogP contribution is -2.06. The molecule has 6 nitrogen and oxygen atoms in total. The molecular weight excluding hydrogens is 480 g/mol. The number of hydrogen-bond acceptors (Lipinski definition) is 4. The molecule has 0 atom stereocenters. The molecule has 0 bridgehead atoms. The van der Waals surface area contributed by atoms with Gasteiger partial charge in [-0.05, 0) is 80.8 Å². The lowest BCUT2D eigenvalue weighted by molar-refractivity contribution is -0.141. The smallest absolute Gasteiger partial charge is 0.305 e. The van der Waals surface area contributed by atoms with Crippen LogP contribution in [-0.2, 0) is 38.3 Å². The van der Waals surface area contributed by atoms with Gasteiger partial charge in [0.2, 0.25) is 0 Å². The molecule has 0 aliphatic carbocycles. The summed E-state index contributed by atoms with van der Waals surface area (Å²) >= 11 is 7.10. The van der Waals surface area contributed by atoms with Crippen LogP contribution in [0.15, 0.2) is 9.21 Å². The molecular formula is C19H24Br2N2O4. The third kappa shape index (κ3) is 5.25. The molecule has 27 heavy (non-hydrogen) atoms. The van der Waals surface area contributed by atoms with E-state index >= 15 is 0 Å². The Labute approximate surface area is 175 Å². The zero-order chi connectivity index (χ0) is 20.1. The van der Waals surface area contributed by atoms with Crippen molar-refractivity contribution in [3.63, 3.8) is 0 Å². The second-order valence-corrected chi connectivity index (χ2v) is 7.96. The number of hydrogen-bond donors (Lipinski definition) is 2. The Balaban J connectivity index is 2.29. The van der Waals surface area contributed by atoms with E-state index in [-0.39, 0.29) is 11.9 Å². The minimum atomic E-state index is -0.227. The third-order valence-electron chi connectivity index (χ3n) is 4.78. The van der Waals surface area contributed by atoms with Crippen molar-refractivity contribution < 1.29 is 19.1 Å². The first kappa shape index (κ1) is 21.8. The molecule has 0 saturated heterocycles. The van der Waals surface area contributed by atoms with Crippen molar-refractivity contribution in [3.8, 4) is 0 Å². The van der Waals surface area contributed by atoms with Crippen LogP contribution in [0.5, 0.6) is 0 Å². The predicted molar refractivity (Wildman–Crippen MR) is 110 cm³/mol. The molecule has 0 radical (unpaired) electrons. The van der Waals surface area contributed by atoms with Crippen LogP contribution >= 0.6 is 31.9 Å². The van der Waals surface area contributed by atoms with Gasteiger partial charge in [-0.2, -0.15) is 0 Å². The van der Waals surface area contributed by atoms with Crippen LogP contribution in [0.1, 0.15) is 46.5 Å². The molecule has 0 fully saturated rings. The van der Waals surface area contributed by atoms with E-state index in [4.69, 9.17) is 9.47 Å². The van der Waals surface area contributed by atoms with Crippen molar-refractivity contribution >= 4 is 43.8 Å². The number of H-pyrrole nitrogens is 2. The largest absolute Gasteiger partial charge is 0.469 e. The number of nitrogens with one attached hydrogen (secondary N) is 2. The van der Waals surface area contributed by atoms with Gasteiger partial charge in [-0.3, -0.25) is 9.59 Å². The van der Waals surface area contributed by atoms with E-state index in [0.29, 0.717) is 32.1 Å². The summed E-state index contributed by atoms with van der Waals surface area (Å²) in [6, 6.07) is 0. The van der Waals surface area contributed by atoms with Crippen LogP contribution in [0.4, 0.5) is 0 Å². The van der Waals surface area contributed by atoms with Crippen molar-refractivity contribution in [2.24, 2.45) is 0 Å². The standard InChI is InChI=1S/C19H24Br2N2O4/c1-10-12(5-7-16(24)26-3)14(22-18(10)20)9-15-13(6-8-17(25)27-4)11(2)19(21)23-15/h22-23H,5-9H2,1-4H3. The molecule has 0 aliphatic rings. The summed E-state index contributed by atoms with van der Waals surface area (Å²) in [5, 5.41) is 0. The molecule has 148 valence electrons. The Morgan fingerprint density at radius 1 is 0.815 bits per heavy atom. The minimum Gasteiger partial charge on any atom is -0.469 e. The Morgan fingerprint density at radius 2 is 1.19 bits per heavy atom. The van der Waals surface area contributed by atoms with Crippen LogP contribution in [0.25, 0.3) is 0 Å². The first-order valence-electron chi connectivity index (χ1n) is 8.63. The summed E-state index contributed by atoms with van der Waals surface area (Å²) in [7, 11) is 2.80. The molecule has 2 N–H and O–H groups in total. The highest BCUT2D eigenvalue weighted by Crippen LogP contribution is 2.30. The molecule has 0 unspecified atom stereocenters. The van der Waals surface area contributed by atoms with Gasteiger partial charge in [0.05, 0.1) is 23.4 Å². The first-order chi connectivity index (χ1) is 12.8. The zero-order valence-corrected chi connectivity index (χ0v) is 19.1. The van der Waals surface area contributed by atoms with Crippen molar-refractivity contribution in [1.82, 2.24) is 9.97 Å². The van der Waals surface area contributed by atoms with Gasteiger partial charge >= 0.3 is 11.9 Å². The number of carbonyl (C=O) groups excluding carboxylic acids is 2. The van der Waals surface area contributed by atoms with Gasteiger partial charge in [0.25, 0.3) is 0 Å². The van der Waals surface area contributed by atoms with Gasteiger partial charge in [-0.15, -0.1) is 0 Å². The van der Waals surface area contributed by atoms with Gasteiger partial charge < -0.3 is 19.4 Å². The second-order valence-electron chi connectivity index (χ2n) is 6.37. The highest BCUT2D eigenvalue weighted by molar-refractivity contribution is 9.10. The molecule has 0 saturated carbocycles. The summed E-state index contributed by atoms with van der Waals surface area (Å²) < 4.78 is 11.4. The van der Waals surface area contributed by atoms with Crippen LogP contribution in [0.2, 0.25) is 0 Å². The van der Waals surface area contributed by atoms with Crippen molar-refractivity contribution in [1.29, 1.82) is 0 Å². The summed E-state index contributed by atoms with van der Waals surface area (Å²) in [5.74, 6) is -0.454. The van der Waals surface area contributed by atoms with E-state index in [1.807, 2.05) is 13.8 Å². The monoisotopic (exact) mass is 502 g/mol. The van der Waals surface area contributed by atoms with Crippen LogP contribution in [-0.4, -0.2) is 36.1 Å². The first-order valence-corrected chi connectivity index (χ1v) is 10.2. The van der Waals surface area contributed by atoms with E-state index in [0.717, 1.165) is 42.8 Å². The number of aromatic nitrogens is 2. The minimum absolute atomic E-state index is 0.227. The van der Waals surface area contributed by atoms with Gasteiger partial charge in [0.1, 0.15) is 0 Å². The van der Waals surface area contributed by atoms with Crippen LogP contribution in [0, 0.1) is 13.8 Å². The fourth-order valence-electron chi connectivity index (χ4n) is 3.13. The average molecular weight is 504 g/mol. The number of rotatable bonds is 8. The summed E-state index contributed by atoms with van der Waals surface area (Å²) in [6.07, 6.45) is 2.52. The normalized spacial score (nSPS) is 10.9. The maximum atomic E-state index is 11.6. The third-order valence-corrected chi connectivity index (χ3v) is 6.37. The molecule has 0 spiro atoms. The van der Waals surface area contributed by atoms with E-state index < -0.39 is 0 Å². The van der Waals surface area contributed by atoms with E-state index in [1.165, 1.54) is 14.2 Å². The van der Waals surface area contributed by atoms with Gasteiger partial charge in [-0.25, -0.2) is 0 Å². The Morgan fingerprint density at radius 3 is 1.52 bits per heavy atom. The van der Waals surface area contributed by atoms with Crippen LogP contribution < -0.4 is 0 Å². The summed E-state index contributed by atoms with van der Waals surface area (Å²) in [5.41, 5.74) is 6.47. The van der Waals surface area contributed by atoms with Crippen molar-refractivity contribution in [2.75, 3.05) is 14.2 Å². The zero-order valence-electron chi connectivity index (χ0n) is 15.9. The predicted octanol–water partition coefficient (Wildman–Crippen LogP) is 4.29. The number of esters is 2. The SMILES string of the molecule is COC(=O)CCc1c(Cc2[nH]c(Br)c(C)c2CCC(=O)OC)[nH]c(Br)c1C. The van der Waals surface area contributed by atoms with Gasteiger partial charge in [0.15, 0.2) is 0 Å². The van der Waals surface area contributed by atoms with Crippen LogP contribution in [0.3, 0.4) is 0 Å². The molecule has 2 aromatic heterocycles. The quantitative estimate of drug-likeness (QED) is 0.526. The number of carbonyl (C=O) groups is 2. The second kappa shape index (κ2) is 9.59. The lowest BCUT2D eigenvalue weighted by atomic mass is 9.99. The summed E-state index contributed by atoms with van der Waals surface area (Å²) in [4.78, 5) is 29.8. The highest BCUT2D eigenvalue weighted by Gasteiger charge is 2.19. The molecule has 8 heteroatoms. The van der Waals surface area contributed by atoms with Gasteiger partial charge in [-0.1, -0.05) is 0 Å². The molecule has 0 amide bonds. The topological polar surface area (TPSA) is 84.2 Å². The summed E-state index contributed by atoms with van der Waals surface area (Å²) in [6.45, 7) is 4.04. The fraction of sp³-hybridized carbons (Fsp3) is 0.474. The van der Waals surface area contributed by atoms with Crippen molar-refractivity contribution in [2.45, 2.75) is 46.0 Å². The molecule has 0 aromatic carbocycles. The van der Waals surface area contributed by atoms with Gasteiger partial charge in [0, 0.05) is 30.7 Å². The Bertz CT molecular complexity index is 771. The Kier molecular flexibility index (Phi) is 7.73. The molecule has 2 heterocycles. The maximum Gasteiger partial charge on any atom is 0.305 e. The molecule has 0 aliphatic heterocycles. The molecule has 2 rings (SSSR count). The molecule has 2 aromatic rings. The number of aromatic amines is 2. The fourth-order valence-corrected chi connectivity index (χ4v) is 4.09. The maximum absolute atomic E-state index is 11.6.